The zero-order valence-electron chi connectivity index (χ0n) is 17.2. The lowest BCUT2D eigenvalue weighted by Gasteiger charge is -2.29. The average Bonchev–Trinajstić information content (AvgIpc) is 2.53. The number of hydrogen-bond acceptors (Lipinski definition) is 0. The minimum Gasteiger partial charge on any atom is -0.328 e. The molecule has 0 spiro atoms. The van der Waals surface area contributed by atoms with E-state index in [4.69, 9.17) is 0 Å². The first-order valence-corrected chi connectivity index (χ1v) is 12.4. The maximum absolute atomic E-state index is 2.42. The topological polar surface area (TPSA) is 0 Å². The van der Waals surface area contributed by atoms with Gasteiger partial charge in [-0.2, -0.15) is 0 Å². The van der Waals surface area contributed by atoms with Crippen LogP contribution in [-0.2, 0) is 0 Å². The summed E-state index contributed by atoms with van der Waals surface area (Å²) in [6.45, 7) is 5.08. The van der Waals surface area contributed by atoms with Crippen molar-refractivity contribution in [2.75, 3.05) is 27.2 Å². The van der Waals surface area contributed by atoms with E-state index in [9.17, 15) is 0 Å². The number of quaternary nitrogens is 1. The summed E-state index contributed by atoms with van der Waals surface area (Å²) in [4.78, 5) is 0. The van der Waals surface area contributed by atoms with Crippen LogP contribution in [0.5, 0.6) is 0 Å². The highest BCUT2D eigenvalue weighted by atomic mass is 28.1. The fraction of sp³-hybridized carbons (Fsp3) is 1.00. The molecule has 0 aromatic carbocycles. The smallest absolute Gasteiger partial charge is 0.0782 e. The van der Waals surface area contributed by atoms with Crippen molar-refractivity contribution < 1.29 is 4.48 Å². The van der Waals surface area contributed by atoms with Crippen LogP contribution in [0.3, 0.4) is 0 Å². The summed E-state index contributed by atoms with van der Waals surface area (Å²) < 4.78 is 1.25. The van der Waals surface area contributed by atoms with Crippen LogP contribution in [0.2, 0.25) is 6.04 Å². The van der Waals surface area contributed by atoms with Crippen LogP contribution in [0.4, 0.5) is 0 Å². The van der Waals surface area contributed by atoms with Gasteiger partial charge in [0.05, 0.1) is 27.2 Å². The Labute approximate surface area is 151 Å². The van der Waals surface area contributed by atoms with Crippen LogP contribution in [0.25, 0.3) is 0 Å². The van der Waals surface area contributed by atoms with Crippen molar-refractivity contribution in [2.24, 2.45) is 0 Å². The maximum atomic E-state index is 2.42. The Kier molecular flexibility index (Phi) is 17.1. The monoisotopic (exact) mass is 342 g/mol. The second-order valence-corrected chi connectivity index (χ2v) is 9.33. The van der Waals surface area contributed by atoms with Gasteiger partial charge in [0, 0.05) is 10.2 Å². The third kappa shape index (κ3) is 18.4. The molecule has 0 amide bonds. The molecule has 0 aromatic heterocycles. The molecule has 0 aliphatic carbocycles. The van der Waals surface area contributed by atoms with Crippen molar-refractivity contribution >= 4 is 10.2 Å². The van der Waals surface area contributed by atoms with Gasteiger partial charge in [-0.1, -0.05) is 90.0 Å². The van der Waals surface area contributed by atoms with Gasteiger partial charge in [-0.3, -0.25) is 0 Å². The molecule has 0 rings (SSSR count). The molecule has 0 saturated carbocycles. The third-order valence-electron chi connectivity index (χ3n) is 5.23. The van der Waals surface area contributed by atoms with E-state index in [1.165, 1.54) is 130 Å². The quantitative estimate of drug-likeness (QED) is 0.170. The van der Waals surface area contributed by atoms with Gasteiger partial charge in [-0.15, -0.1) is 0 Å². The van der Waals surface area contributed by atoms with Gasteiger partial charge in [0.1, 0.15) is 0 Å². The van der Waals surface area contributed by atoms with Crippen LogP contribution in [-0.4, -0.2) is 41.9 Å². The number of unbranched alkanes of at least 4 members (excludes halogenated alkanes) is 13. The minimum absolute atomic E-state index is 1.25. The van der Waals surface area contributed by atoms with Gasteiger partial charge in [0.15, 0.2) is 0 Å². The first-order valence-electron chi connectivity index (χ1n) is 10.9. The summed E-state index contributed by atoms with van der Waals surface area (Å²) in [6.07, 6.45) is 21.9. The fourth-order valence-corrected chi connectivity index (χ4v) is 3.75. The molecule has 0 fully saturated rings. The molecule has 0 bridgehead atoms. The van der Waals surface area contributed by atoms with E-state index < -0.39 is 0 Å². The highest BCUT2D eigenvalue weighted by molar-refractivity contribution is 6.08. The molecular weight excluding hydrogens is 294 g/mol. The molecule has 0 heterocycles. The van der Waals surface area contributed by atoms with E-state index in [2.05, 4.69) is 21.0 Å². The molecule has 0 N–H and O–H groups in total. The number of nitrogens with zero attached hydrogens (tertiary/aromatic N) is 1. The molecule has 2 heteroatoms. The molecule has 0 radical (unpaired) electrons. The molecular formula is C21H48NSi+. The van der Waals surface area contributed by atoms with Crippen molar-refractivity contribution in [3.05, 3.63) is 0 Å². The predicted octanol–water partition coefficient (Wildman–Crippen LogP) is 5.72. The van der Waals surface area contributed by atoms with Gasteiger partial charge in [-0.25, -0.2) is 0 Å². The van der Waals surface area contributed by atoms with Gasteiger partial charge < -0.3 is 4.48 Å². The van der Waals surface area contributed by atoms with Crippen molar-refractivity contribution in [1.29, 1.82) is 0 Å². The molecule has 0 aliphatic rings. The van der Waals surface area contributed by atoms with E-state index in [0.29, 0.717) is 0 Å². The molecule has 0 unspecified atom stereocenters. The Balaban J connectivity index is 3.16. The molecule has 23 heavy (non-hydrogen) atoms. The lowest BCUT2D eigenvalue weighted by atomic mass is 10.0. The Hall–Kier alpha value is 0.177. The molecule has 1 nitrogen and oxygen atoms in total. The largest absolute Gasteiger partial charge is 0.328 e. The van der Waals surface area contributed by atoms with Crippen molar-refractivity contribution in [3.63, 3.8) is 0 Å². The fourth-order valence-electron chi connectivity index (χ4n) is 3.43. The molecule has 140 valence electrons. The van der Waals surface area contributed by atoms with Crippen LogP contribution in [0, 0.1) is 0 Å². The first kappa shape index (κ1) is 23.2. The average molecular weight is 343 g/mol. The lowest BCUT2D eigenvalue weighted by molar-refractivity contribution is -0.890. The highest BCUT2D eigenvalue weighted by Gasteiger charge is 2.12. The number of rotatable bonds is 18. The highest BCUT2D eigenvalue weighted by Crippen LogP contribution is 2.13. The Bertz CT molecular complexity index is 228. The van der Waals surface area contributed by atoms with E-state index in [-0.39, 0.29) is 0 Å². The molecule has 0 aromatic rings. The second-order valence-electron chi connectivity index (χ2n) is 8.33. The van der Waals surface area contributed by atoms with Crippen LogP contribution < -0.4 is 0 Å². The normalized spacial score (nSPS) is 12.1. The second kappa shape index (κ2) is 17.0. The summed E-state index contributed by atoms with van der Waals surface area (Å²) in [5, 5.41) is 0. The first-order chi connectivity index (χ1) is 11.1. The lowest BCUT2D eigenvalue weighted by Crippen LogP contribution is -2.41. The van der Waals surface area contributed by atoms with Crippen LogP contribution in [0.15, 0.2) is 0 Å². The van der Waals surface area contributed by atoms with Crippen molar-refractivity contribution in [3.8, 4) is 0 Å². The minimum atomic E-state index is 1.25. The zero-order chi connectivity index (χ0) is 17.2. The third-order valence-corrected chi connectivity index (χ3v) is 5.94. The Morgan fingerprint density at radius 1 is 0.522 bits per heavy atom. The number of hydrogen-bond donors (Lipinski definition) is 0. The Morgan fingerprint density at radius 3 is 1.26 bits per heavy atom. The van der Waals surface area contributed by atoms with E-state index in [0.717, 1.165) is 0 Å². The van der Waals surface area contributed by atoms with E-state index in [1.807, 2.05) is 0 Å². The van der Waals surface area contributed by atoms with E-state index >= 15 is 0 Å². The SMILES string of the molecule is CCCCCCCCCCCCCCCC[N+](C)(C)CCC[SiH3]. The summed E-state index contributed by atoms with van der Waals surface area (Å²) in [5.74, 6) is 0. The predicted molar refractivity (Wildman–Crippen MR) is 112 cm³/mol. The van der Waals surface area contributed by atoms with Gasteiger partial charge >= 0.3 is 0 Å². The summed E-state index contributed by atoms with van der Waals surface area (Å²) in [7, 11) is 6.21. The van der Waals surface area contributed by atoms with E-state index in [1.54, 1.807) is 0 Å². The van der Waals surface area contributed by atoms with Gasteiger partial charge in [-0.05, 0) is 19.3 Å². The zero-order valence-corrected chi connectivity index (χ0v) is 19.2. The van der Waals surface area contributed by atoms with Gasteiger partial charge in [0.2, 0.25) is 0 Å². The molecule has 0 atom stereocenters. The van der Waals surface area contributed by atoms with Crippen LogP contribution >= 0.6 is 0 Å². The summed E-state index contributed by atoms with van der Waals surface area (Å²) in [6, 6.07) is 1.47. The summed E-state index contributed by atoms with van der Waals surface area (Å²) >= 11 is 0. The summed E-state index contributed by atoms with van der Waals surface area (Å²) in [5.41, 5.74) is 0. The van der Waals surface area contributed by atoms with Crippen molar-refractivity contribution in [2.45, 2.75) is 109 Å². The standard InChI is InChI=1S/C21H48NSi/c1-4-5-6-7-8-9-10-11-12-13-14-15-16-17-19-22(2,3)20-18-21-23/h4-21H2,1-3,23H3/q+1. The van der Waals surface area contributed by atoms with Crippen LogP contribution in [0.1, 0.15) is 103 Å². The van der Waals surface area contributed by atoms with Gasteiger partial charge in [0.25, 0.3) is 0 Å². The molecule has 0 aliphatic heterocycles. The Morgan fingerprint density at radius 2 is 0.870 bits per heavy atom. The maximum Gasteiger partial charge on any atom is 0.0782 e. The molecule has 0 saturated heterocycles. The van der Waals surface area contributed by atoms with Crippen molar-refractivity contribution in [1.82, 2.24) is 0 Å².